The summed E-state index contributed by atoms with van der Waals surface area (Å²) >= 11 is 0. The quantitative estimate of drug-likeness (QED) is 0.829. The SMILES string of the molecule is CCNCc1ccc(CN(C)C2CCCC2)cc1. The van der Waals surface area contributed by atoms with Gasteiger partial charge in [0.25, 0.3) is 0 Å². The third-order valence-electron chi connectivity index (χ3n) is 3.98. The van der Waals surface area contributed by atoms with E-state index >= 15 is 0 Å². The predicted molar refractivity (Wildman–Crippen MR) is 77.5 cm³/mol. The van der Waals surface area contributed by atoms with Crippen LogP contribution in [0.5, 0.6) is 0 Å². The monoisotopic (exact) mass is 246 g/mol. The van der Waals surface area contributed by atoms with Crippen LogP contribution in [0.2, 0.25) is 0 Å². The molecule has 1 aromatic rings. The molecule has 18 heavy (non-hydrogen) atoms. The van der Waals surface area contributed by atoms with Crippen molar-refractivity contribution in [3.63, 3.8) is 0 Å². The molecular weight excluding hydrogens is 220 g/mol. The van der Waals surface area contributed by atoms with Crippen molar-refractivity contribution >= 4 is 0 Å². The van der Waals surface area contributed by atoms with Crippen molar-refractivity contribution in [2.45, 2.75) is 51.7 Å². The maximum absolute atomic E-state index is 3.36. The molecule has 0 aromatic heterocycles. The number of nitrogens with one attached hydrogen (secondary N) is 1. The fraction of sp³-hybridized carbons (Fsp3) is 0.625. The lowest BCUT2D eigenvalue weighted by Gasteiger charge is -2.24. The van der Waals surface area contributed by atoms with Crippen LogP contribution in [-0.4, -0.2) is 24.5 Å². The van der Waals surface area contributed by atoms with E-state index in [-0.39, 0.29) is 0 Å². The molecule has 1 saturated carbocycles. The van der Waals surface area contributed by atoms with E-state index in [2.05, 4.69) is 48.5 Å². The zero-order valence-corrected chi connectivity index (χ0v) is 11.8. The van der Waals surface area contributed by atoms with Crippen molar-refractivity contribution in [3.05, 3.63) is 35.4 Å². The van der Waals surface area contributed by atoms with Gasteiger partial charge in [0.1, 0.15) is 0 Å². The Morgan fingerprint density at radius 1 is 1.11 bits per heavy atom. The molecule has 1 aliphatic carbocycles. The van der Waals surface area contributed by atoms with E-state index in [0.717, 1.165) is 25.7 Å². The third-order valence-corrected chi connectivity index (χ3v) is 3.98. The van der Waals surface area contributed by atoms with E-state index < -0.39 is 0 Å². The fourth-order valence-corrected chi connectivity index (χ4v) is 2.79. The molecule has 1 aliphatic rings. The van der Waals surface area contributed by atoms with E-state index in [4.69, 9.17) is 0 Å². The van der Waals surface area contributed by atoms with Gasteiger partial charge in [0, 0.05) is 19.1 Å². The van der Waals surface area contributed by atoms with Crippen molar-refractivity contribution in [2.24, 2.45) is 0 Å². The smallest absolute Gasteiger partial charge is 0.0233 e. The van der Waals surface area contributed by atoms with Crippen LogP contribution in [0, 0.1) is 0 Å². The van der Waals surface area contributed by atoms with Crippen molar-refractivity contribution in [1.29, 1.82) is 0 Å². The number of hydrogen-bond donors (Lipinski definition) is 1. The zero-order valence-electron chi connectivity index (χ0n) is 11.8. The van der Waals surface area contributed by atoms with Crippen LogP contribution < -0.4 is 5.32 Å². The Morgan fingerprint density at radius 3 is 2.33 bits per heavy atom. The van der Waals surface area contributed by atoms with Crippen LogP contribution in [-0.2, 0) is 13.1 Å². The molecular formula is C16H26N2. The van der Waals surface area contributed by atoms with Gasteiger partial charge in [0.05, 0.1) is 0 Å². The molecule has 0 unspecified atom stereocenters. The first-order valence-electron chi connectivity index (χ1n) is 7.28. The van der Waals surface area contributed by atoms with Crippen LogP contribution in [0.1, 0.15) is 43.7 Å². The Bertz CT molecular complexity index is 339. The van der Waals surface area contributed by atoms with Crippen LogP contribution in [0.3, 0.4) is 0 Å². The first-order chi connectivity index (χ1) is 8.79. The van der Waals surface area contributed by atoms with Gasteiger partial charge >= 0.3 is 0 Å². The Kier molecular flexibility index (Phi) is 5.21. The largest absolute Gasteiger partial charge is 0.313 e. The summed E-state index contributed by atoms with van der Waals surface area (Å²) < 4.78 is 0. The molecule has 0 amide bonds. The third kappa shape index (κ3) is 3.82. The standard InChI is InChI=1S/C16H26N2/c1-3-17-12-14-8-10-15(11-9-14)13-18(2)16-6-4-5-7-16/h8-11,16-17H,3-7,12-13H2,1-2H3. The lowest BCUT2D eigenvalue weighted by molar-refractivity contribution is 0.237. The van der Waals surface area contributed by atoms with E-state index in [1.165, 1.54) is 36.8 Å². The van der Waals surface area contributed by atoms with Crippen molar-refractivity contribution in [1.82, 2.24) is 10.2 Å². The Labute approximate surface area is 111 Å². The van der Waals surface area contributed by atoms with Crippen molar-refractivity contribution < 1.29 is 0 Å². The summed E-state index contributed by atoms with van der Waals surface area (Å²) in [7, 11) is 2.27. The van der Waals surface area contributed by atoms with Crippen molar-refractivity contribution in [3.8, 4) is 0 Å². The Morgan fingerprint density at radius 2 is 1.72 bits per heavy atom. The predicted octanol–water partition coefficient (Wildman–Crippen LogP) is 3.17. The number of nitrogens with zero attached hydrogens (tertiary/aromatic N) is 1. The highest BCUT2D eigenvalue weighted by Gasteiger charge is 2.19. The second-order valence-electron chi connectivity index (χ2n) is 5.45. The van der Waals surface area contributed by atoms with Gasteiger partial charge in [-0.05, 0) is 37.6 Å². The molecule has 0 saturated heterocycles. The van der Waals surface area contributed by atoms with Crippen LogP contribution in [0.15, 0.2) is 24.3 Å². The summed E-state index contributed by atoms with van der Waals surface area (Å²) in [5, 5.41) is 3.36. The van der Waals surface area contributed by atoms with Gasteiger partial charge in [-0.1, -0.05) is 44.0 Å². The second-order valence-corrected chi connectivity index (χ2v) is 5.45. The highest BCUT2D eigenvalue weighted by Crippen LogP contribution is 2.23. The molecule has 0 bridgehead atoms. The normalized spacial score (nSPS) is 16.6. The van der Waals surface area contributed by atoms with E-state index in [9.17, 15) is 0 Å². The molecule has 0 atom stereocenters. The Hall–Kier alpha value is -0.860. The number of hydrogen-bond acceptors (Lipinski definition) is 2. The average Bonchev–Trinajstić information content (AvgIpc) is 2.92. The minimum absolute atomic E-state index is 0.812. The molecule has 0 heterocycles. The van der Waals surface area contributed by atoms with Gasteiger partial charge in [0.15, 0.2) is 0 Å². The van der Waals surface area contributed by atoms with Gasteiger partial charge in [-0.3, -0.25) is 4.90 Å². The summed E-state index contributed by atoms with van der Waals surface area (Å²) in [5.41, 5.74) is 2.81. The van der Waals surface area contributed by atoms with Gasteiger partial charge in [-0.25, -0.2) is 0 Å². The maximum atomic E-state index is 3.36. The molecule has 2 nitrogen and oxygen atoms in total. The fourth-order valence-electron chi connectivity index (χ4n) is 2.79. The summed E-state index contributed by atoms with van der Waals surface area (Å²) in [5.74, 6) is 0. The molecule has 2 heteroatoms. The first-order valence-corrected chi connectivity index (χ1v) is 7.28. The maximum Gasteiger partial charge on any atom is 0.0233 e. The number of rotatable bonds is 6. The minimum atomic E-state index is 0.812. The molecule has 2 rings (SSSR count). The zero-order chi connectivity index (χ0) is 12.8. The molecule has 0 aliphatic heterocycles. The topological polar surface area (TPSA) is 15.3 Å². The van der Waals surface area contributed by atoms with Crippen molar-refractivity contribution in [2.75, 3.05) is 13.6 Å². The van der Waals surface area contributed by atoms with Gasteiger partial charge in [0.2, 0.25) is 0 Å². The van der Waals surface area contributed by atoms with E-state index in [1.54, 1.807) is 0 Å². The van der Waals surface area contributed by atoms with E-state index in [1.807, 2.05) is 0 Å². The summed E-state index contributed by atoms with van der Waals surface area (Å²) in [6.07, 6.45) is 5.59. The lowest BCUT2D eigenvalue weighted by atomic mass is 10.1. The van der Waals surface area contributed by atoms with Crippen LogP contribution in [0.25, 0.3) is 0 Å². The summed E-state index contributed by atoms with van der Waals surface area (Å²) in [6.45, 7) is 5.25. The highest BCUT2D eigenvalue weighted by molar-refractivity contribution is 5.22. The molecule has 0 radical (unpaired) electrons. The van der Waals surface area contributed by atoms with Gasteiger partial charge < -0.3 is 5.32 Å². The molecule has 1 N–H and O–H groups in total. The molecule has 1 fully saturated rings. The first kappa shape index (κ1) is 13.6. The summed E-state index contributed by atoms with van der Waals surface area (Å²) in [4.78, 5) is 2.52. The van der Waals surface area contributed by atoms with Gasteiger partial charge in [-0.2, -0.15) is 0 Å². The molecule has 100 valence electrons. The van der Waals surface area contributed by atoms with Crippen LogP contribution >= 0.6 is 0 Å². The molecule has 0 spiro atoms. The van der Waals surface area contributed by atoms with Gasteiger partial charge in [-0.15, -0.1) is 0 Å². The minimum Gasteiger partial charge on any atom is -0.313 e. The van der Waals surface area contributed by atoms with Crippen LogP contribution in [0.4, 0.5) is 0 Å². The number of benzene rings is 1. The highest BCUT2D eigenvalue weighted by atomic mass is 15.1. The lowest BCUT2D eigenvalue weighted by Crippen LogP contribution is -2.28. The average molecular weight is 246 g/mol. The van der Waals surface area contributed by atoms with E-state index in [0.29, 0.717) is 0 Å². The molecule has 1 aromatic carbocycles. The summed E-state index contributed by atoms with van der Waals surface area (Å²) in [6, 6.07) is 9.86. The Balaban J connectivity index is 1.85. The second kappa shape index (κ2) is 6.91.